The Morgan fingerprint density at radius 2 is 1.82 bits per heavy atom. The van der Waals surface area contributed by atoms with Crippen molar-refractivity contribution in [3.8, 4) is 0 Å². The van der Waals surface area contributed by atoms with Crippen molar-refractivity contribution < 1.29 is 4.79 Å². The molecule has 0 spiro atoms. The highest BCUT2D eigenvalue weighted by Crippen LogP contribution is 2.24. The van der Waals surface area contributed by atoms with Crippen molar-refractivity contribution in [3.05, 3.63) is 0 Å². The van der Waals surface area contributed by atoms with Gasteiger partial charge in [0.05, 0.1) is 6.54 Å². The van der Waals surface area contributed by atoms with Gasteiger partial charge in [0.1, 0.15) is 0 Å². The molecule has 2 unspecified atom stereocenters. The number of amides is 1. The third kappa shape index (κ3) is 3.98. The van der Waals surface area contributed by atoms with E-state index in [0.717, 1.165) is 5.92 Å². The Hall–Kier alpha value is -0.570. The maximum Gasteiger partial charge on any atom is 0.234 e. The summed E-state index contributed by atoms with van der Waals surface area (Å²) < 4.78 is 0. The van der Waals surface area contributed by atoms with Crippen LogP contribution in [0.1, 0.15) is 58.3 Å². The standard InChI is InChI=1S/C14H26N2O/c1-11-6-5-9-13(11)15-10-14(17)16-12-7-3-2-4-8-12/h11-13,15H,2-10H2,1H3,(H,16,17). The average Bonchev–Trinajstić information content (AvgIpc) is 2.74. The Labute approximate surface area is 105 Å². The van der Waals surface area contributed by atoms with Gasteiger partial charge < -0.3 is 10.6 Å². The van der Waals surface area contributed by atoms with Crippen LogP contribution in [0.5, 0.6) is 0 Å². The Bertz CT molecular complexity index is 249. The smallest absolute Gasteiger partial charge is 0.234 e. The number of nitrogens with one attached hydrogen (secondary N) is 2. The lowest BCUT2D eigenvalue weighted by molar-refractivity contribution is -0.121. The molecule has 0 aromatic rings. The molecule has 0 aliphatic heterocycles. The van der Waals surface area contributed by atoms with Gasteiger partial charge in [0.2, 0.25) is 5.91 Å². The fourth-order valence-electron chi connectivity index (χ4n) is 3.20. The van der Waals surface area contributed by atoms with Crippen LogP contribution < -0.4 is 10.6 Å². The number of rotatable bonds is 4. The third-order valence-corrected chi connectivity index (χ3v) is 4.36. The van der Waals surface area contributed by atoms with Gasteiger partial charge in [-0.1, -0.05) is 32.6 Å². The average molecular weight is 238 g/mol. The second-order valence-corrected chi connectivity index (χ2v) is 5.80. The van der Waals surface area contributed by atoms with Gasteiger partial charge >= 0.3 is 0 Å². The lowest BCUT2D eigenvalue weighted by atomic mass is 9.95. The molecule has 17 heavy (non-hydrogen) atoms. The largest absolute Gasteiger partial charge is 0.352 e. The fraction of sp³-hybridized carbons (Fsp3) is 0.929. The van der Waals surface area contributed by atoms with Crippen LogP contribution in [0.2, 0.25) is 0 Å². The van der Waals surface area contributed by atoms with Gasteiger partial charge in [-0.2, -0.15) is 0 Å². The van der Waals surface area contributed by atoms with Crippen molar-refractivity contribution >= 4 is 5.91 Å². The van der Waals surface area contributed by atoms with E-state index in [4.69, 9.17) is 0 Å². The van der Waals surface area contributed by atoms with Crippen molar-refractivity contribution in [2.75, 3.05) is 6.54 Å². The zero-order valence-electron chi connectivity index (χ0n) is 11.0. The second-order valence-electron chi connectivity index (χ2n) is 5.80. The van der Waals surface area contributed by atoms with Crippen LogP contribution in [-0.2, 0) is 4.79 Å². The predicted molar refractivity (Wildman–Crippen MR) is 69.8 cm³/mol. The molecule has 2 N–H and O–H groups in total. The normalized spacial score (nSPS) is 30.4. The molecule has 2 rings (SSSR count). The van der Waals surface area contributed by atoms with Crippen LogP contribution in [-0.4, -0.2) is 24.5 Å². The molecule has 0 radical (unpaired) electrons. The number of hydrogen-bond donors (Lipinski definition) is 2. The molecule has 0 saturated heterocycles. The fourth-order valence-corrected chi connectivity index (χ4v) is 3.20. The molecule has 2 aliphatic rings. The van der Waals surface area contributed by atoms with Gasteiger partial charge in [0.25, 0.3) is 0 Å². The maximum absolute atomic E-state index is 11.8. The lowest BCUT2D eigenvalue weighted by Gasteiger charge is -2.23. The zero-order chi connectivity index (χ0) is 12.1. The Morgan fingerprint density at radius 3 is 2.47 bits per heavy atom. The first-order valence-electron chi connectivity index (χ1n) is 7.28. The summed E-state index contributed by atoms with van der Waals surface area (Å²) in [5.41, 5.74) is 0. The molecule has 0 aromatic carbocycles. The van der Waals surface area contributed by atoms with E-state index < -0.39 is 0 Å². The molecule has 2 aliphatic carbocycles. The highest BCUT2D eigenvalue weighted by atomic mass is 16.1. The summed E-state index contributed by atoms with van der Waals surface area (Å²) in [4.78, 5) is 11.8. The van der Waals surface area contributed by atoms with Crippen molar-refractivity contribution in [2.45, 2.75) is 70.4 Å². The lowest BCUT2D eigenvalue weighted by Crippen LogP contribution is -2.44. The van der Waals surface area contributed by atoms with Gasteiger partial charge in [-0.05, 0) is 31.6 Å². The van der Waals surface area contributed by atoms with Gasteiger partial charge in [-0.3, -0.25) is 4.79 Å². The molecule has 2 atom stereocenters. The van der Waals surface area contributed by atoms with E-state index in [0.29, 0.717) is 18.6 Å². The summed E-state index contributed by atoms with van der Waals surface area (Å²) >= 11 is 0. The van der Waals surface area contributed by atoms with Crippen LogP contribution in [0.3, 0.4) is 0 Å². The molecule has 2 fully saturated rings. The zero-order valence-corrected chi connectivity index (χ0v) is 11.0. The van der Waals surface area contributed by atoms with Crippen LogP contribution in [0, 0.1) is 5.92 Å². The first kappa shape index (κ1) is 12.9. The summed E-state index contributed by atoms with van der Waals surface area (Å²) in [6.07, 6.45) is 10.1. The van der Waals surface area contributed by atoms with Crippen LogP contribution in [0.25, 0.3) is 0 Å². The maximum atomic E-state index is 11.8. The molecule has 98 valence electrons. The van der Waals surface area contributed by atoms with Gasteiger partial charge in [-0.25, -0.2) is 0 Å². The van der Waals surface area contributed by atoms with Gasteiger partial charge in [0.15, 0.2) is 0 Å². The van der Waals surface area contributed by atoms with E-state index >= 15 is 0 Å². The molecule has 3 heteroatoms. The number of carbonyl (C=O) groups excluding carboxylic acids is 1. The molecule has 0 heterocycles. The topological polar surface area (TPSA) is 41.1 Å². The van der Waals surface area contributed by atoms with E-state index in [2.05, 4.69) is 17.6 Å². The Kier molecular flexibility index (Phi) is 4.84. The summed E-state index contributed by atoms with van der Waals surface area (Å²) in [6, 6.07) is 1.01. The monoisotopic (exact) mass is 238 g/mol. The predicted octanol–water partition coefficient (Wildman–Crippen LogP) is 2.21. The molecule has 3 nitrogen and oxygen atoms in total. The SMILES string of the molecule is CC1CCCC1NCC(=O)NC1CCCCC1. The minimum absolute atomic E-state index is 0.191. The minimum atomic E-state index is 0.191. The van der Waals surface area contributed by atoms with E-state index in [1.165, 1.54) is 51.4 Å². The second kappa shape index (κ2) is 6.39. The van der Waals surface area contributed by atoms with Crippen LogP contribution in [0.15, 0.2) is 0 Å². The highest BCUT2D eigenvalue weighted by molar-refractivity contribution is 5.78. The Balaban J connectivity index is 1.63. The van der Waals surface area contributed by atoms with E-state index in [-0.39, 0.29) is 5.91 Å². The minimum Gasteiger partial charge on any atom is -0.352 e. The van der Waals surface area contributed by atoms with Gasteiger partial charge in [0, 0.05) is 12.1 Å². The number of carbonyl (C=O) groups is 1. The molecule has 1 amide bonds. The van der Waals surface area contributed by atoms with E-state index in [1.807, 2.05) is 0 Å². The van der Waals surface area contributed by atoms with E-state index in [1.54, 1.807) is 0 Å². The van der Waals surface area contributed by atoms with Crippen molar-refractivity contribution in [3.63, 3.8) is 0 Å². The third-order valence-electron chi connectivity index (χ3n) is 4.36. The number of hydrogen-bond acceptors (Lipinski definition) is 2. The quantitative estimate of drug-likeness (QED) is 0.788. The highest BCUT2D eigenvalue weighted by Gasteiger charge is 2.23. The summed E-state index contributed by atoms with van der Waals surface area (Å²) in [6.45, 7) is 2.79. The molecule has 0 aromatic heterocycles. The van der Waals surface area contributed by atoms with Crippen molar-refractivity contribution in [1.82, 2.24) is 10.6 Å². The Morgan fingerprint density at radius 1 is 1.06 bits per heavy atom. The summed E-state index contributed by atoms with van der Waals surface area (Å²) in [7, 11) is 0. The molecule has 2 saturated carbocycles. The van der Waals surface area contributed by atoms with E-state index in [9.17, 15) is 4.79 Å². The van der Waals surface area contributed by atoms with Gasteiger partial charge in [-0.15, -0.1) is 0 Å². The first-order valence-corrected chi connectivity index (χ1v) is 7.28. The van der Waals surface area contributed by atoms with Crippen molar-refractivity contribution in [2.24, 2.45) is 5.92 Å². The molecular formula is C14H26N2O. The summed E-state index contributed by atoms with van der Waals surface area (Å²) in [5.74, 6) is 0.925. The van der Waals surface area contributed by atoms with Crippen LogP contribution >= 0.6 is 0 Å². The first-order chi connectivity index (χ1) is 8.25. The summed E-state index contributed by atoms with van der Waals surface area (Å²) in [5, 5.41) is 6.56. The van der Waals surface area contributed by atoms with Crippen LogP contribution in [0.4, 0.5) is 0 Å². The van der Waals surface area contributed by atoms with Crippen molar-refractivity contribution in [1.29, 1.82) is 0 Å². The molecular weight excluding hydrogens is 212 g/mol. The molecule has 0 bridgehead atoms.